The van der Waals surface area contributed by atoms with Crippen LogP contribution in [0.1, 0.15) is 24.5 Å². The van der Waals surface area contributed by atoms with Gasteiger partial charge in [0, 0.05) is 25.3 Å². The first-order valence-electron chi connectivity index (χ1n) is 6.38. The Bertz CT molecular complexity index is 378. The van der Waals surface area contributed by atoms with Crippen molar-refractivity contribution < 1.29 is 4.74 Å². The van der Waals surface area contributed by atoms with E-state index in [1.165, 1.54) is 11.1 Å². The number of benzene rings is 1. The van der Waals surface area contributed by atoms with Gasteiger partial charge in [0.25, 0.3) is 0 Å². The van der Waals surface area contributed by atoms with Crippen molar-refractivity contribution in [3.05, 3.63) is 29.3 Å². The largest absolute Gasteiger partial charge is 0.399 e. The molecule has 0 bridgehead atoms. The molecule has 1 saturated heterocycles. The number of aryl methyl sites for hydroxylation is 1. The molecule has 0 radical (unpaired) electrons. The molecule has 1 aromatic carbocycles. The molecule has 2 N–H and O–H groups in total. The van der Waals surface area contributed by atoms with Gasteiger partial charge in [-0.2, -0.15) is 0 Å². The molecule has 0 amide bonds. The lowest BCUT2D eigenvalue weighted by molar-refractivity contribution is -0.0324. The Morgan fingerprint density at radius 1 is 1.47 bits per heavy atom. The van der Waals surface area contributed by atoms with Gasteiger partial charge in [0.15, 0.2) is 0 Å². The van der Waals surface area contributed by atoms with E-state index < -0.39 is 0 Å². The Labute approximate surface area is 104 Å². The Kier molecular flexibility index (Phi) is 4.02. The van der Waals surface area contributed by atoms with Gasteiger partial charge in [-0.3, -0.25) is 4.90 Å². The number of nitrogen functional groups attached to an aromatic ring is 1. The molecule has 0 spiro atoms. The summed E-state index contributed by atoms with van der Waals surface area (Å²) in [4.78, 5) is 2.46. The molecule has 3 heteroatoms. The fourth-order valence-corrected chi connectivity index (χ4v) is 2.27. The normalized spacial score (nSPS) is 21.6. The van der Waals surface area contributed by atoms with E-state index in [0.717, 1.165) is 38.3 Å². The average molecular weight is 234 g/mol. The Balaban J connectivity index is 1.97. The number of rotatable bonds is 3. The zero-order valence-corrected chi connectivity index (χ0v) is 10.8. The number of hydrogen-bond donors (Lipinski definition) is 1. The Hall–Kier alpha value is -1.06. The minimum Gasteiger partial charge on any atom is -0.399 e. The third kappa shape index (κ3) is 3.20. The summed E-state index contributed by atoms with van der Waals surface area (Å²) >= 11 is 0. The number of nitrogens with zero attached hydrogens (tertiary/aromatic N) is 1. The van der Waals surface area contributed by atoms with Crippen LogP contribution in [0.25, 0.3) is 0 Å². The maximum Gasteiger partial charge on any atom is 0.0700 e. The highest BCUT2D eigenvalue weighted by molar-refractivity contribution is 5.47. The fraction of sp³-hybridized carbons (Fsp3) is 0.571. The molecule has 0 aromatic heterocycles. The van der Waals surface area contributed by atoms with Crippen LogP contribution in [-0.4, -0.2) is 30.7 Å². The molecule has 2 rings (SSSR count). The highest BCUT2D eigenvalue weighted by Gasteiger charge is 2.18. The standard InChI is InChI=1S/C14H22N2O/c1-3-13-10-16(6-7-17-13)9-12-4-5-14(15)11(2)8-12/h4-5,8,13H,3,6-7,9-10,15H2,1-2H3. The SMILES string of the molecule is CCC1CN(Cc2ccc(N)c(C)c2)CCO1. The monoisotopic (exact) mass is 234 g/mol. The van der Waals surface area contributed by atoms with Crippen LogP contribution < -0.4 is 5.73 Å². The van der Waals surface area contributed by atoms with Gasteiger partial charge in [-0.05, 0) is 30.5 Å². The number of morpholine rings is 1. The van der Waals surface area contributed by atoms with Gasteiger partial charge in [-0.25, -0.2) is 0 Å². The van der Waals surface area contributed by atoms with Gasteiger partial charge < -0.3 is 10.5 Å². The first kappa shape index (κ1) is 12.4. The second-order valence-corrected chi connectivity index (χ2v) is 4.83. The summed E-state index contributed by atoms with van der Waals surface area (Å²) in [6.45, 7) is 8.17. The quantitative estimate of drug-likeness (QED) is 0.815. The van der Waals surface area contributed by atoms with Gasteiger partial charge in [0.2, 0.25) is 0 Å². The molecule has 0 aliphatic carbocycles. The lowest BCUT2D eigenvalue weighted by Gasteiger charge is -2.32. The second kappa shape index (κ2) is 5.52. The number of hydrogen-bond acceptors (Lipinski definition) is 3. The molecule has 1 fully saturated rings. The lowest BCUT2D eigenvalue weighted by atomic mass is 10.1. The first-order valence-corrected chi connectivity index (χ1v) is 6.38. The molecular formula is C14H22N2O. The van der Waals surface area contributed by atoms with Gasteiger partial charge in [-0.1, -0.05) is 19.1 Å². The maximum absolute atomic E-state index is 5.83. The molecule has 17 heavy (non-hydrogen) atoms. The predicted octanol–water partition coefficient (Wildman–Crippen LogP) is 2.19. The van der Waals surface area contributed by atoms with Crippen LogP contribution in [0.2, 0.25) is 0 Å². The number of nitrogens with two attached hydrogens (primary N) is 1. The summed E-state index contributed by atoms with van der Waals surface area (Å²) in [5.74, 6) is 0. The van der Waals surface area contributed by atoms with Crippen LogP contribution in [0.4, 0.5) is 5.69 Å². The molecule has 94 valence electrons. The van der Waals surface area contributed by atoms with Gasteiger partial charge in [0.1, 0.15) is 0 Å². The first-order chi connectivity index (χ1) is 8.19. The van der Waals surface area contributed by atoms with Crippen LogP contribution in [0.15, 0.2) is 18.2 Å². The van der Waals surface area contributed by atoms with Crippen LogP contribution in [0.3, 0.4) is 0 Å². The van der Waals surface area contributed by atoms with Crippen molar-refractivity contribution in [2.75, 3.05) is 25.4 Å². The van der Waals surface area contributed by atoms with Gasteiger partial charge in [0.05, 0.1) is 12.7 Å². The number of ether oxygens (including phenoxy) is 1. The van der Waals surface area contributed by atoms with E-state index in [1.807, 2.05) is 6.07 Å². The van der Waals surface area contributed by atoms with Crippen molar-refractivity contribution in [1.29, 1.82) is 0 Å². The van der Waals surface area contributed by atoms with Crippen LogP contribution >= 0.6 is 0 Å². The van der Waals surface area contributed by atoms with Crippen LogP contribution in [0, 0.1) is 6.92 Å². The second-order valence-electron chi connectivity index (χ2n) is 4.83. The van der Waals surface area contributed by atoms with Crippen molar-refractivity contribution >= 4 is 5.69 Å². The summed E-state index contributed by atoms with van der Waals surface area (Å²) in [6, 6.07) is 6.31. The molecule has 1 aliphatic rings. The third-order valence-corrected chi connectivity index (χ3v) is 3.42. The minimum absolute atomic E-state index is 0.402. The van der Waals surface area contributed by atoms with E-state index in [2.05, 4.69) is 30.9 Å². The maximum atomic E-state index is 5.83. The summed E-state index contributed by atoms with van der Waals surface area (Å²) < 4.78 is 5.68. The summed E-state index contributed by atoms with van der Waals surface area (Å²) in [5.41, 5.74) is 9.22. The molecule has 1 aromatic rings. The number of anilines is 1. The van der Waals surface area contributed by atoms with Crippen molar-refractivity contribution in [3.8, 4) is 0 Å². The van der Waals surface area contributed by atoms with Crippen molar-refractivity contribution in [2.45, 2.75) is 32.9 Å². The lowest BCUT2D eigenvalue weighted by Crippen LogP contribution is -2.41. The average Bonchev–Trinajstić information content (AvgIpc) is 2.34. The minimum atomic E-state index is 0.402. The van der Waals surface area contributed by atoms with Crippen LogP contribution in [-0.2, 0) is 11.3 Å². The summed E-state index contributed by atoms with van der Waals surface area (Å²) in [6.07, 6.45) is 1.50. The van der Waals surface area contributed by atoms with E-state index in [1.54, 1.807) is 0 Å². The fourth-order valence-electron chi connectivity index (χ4n) is 2.27. The molecule has 1 atom stereocenters. The van der Waals surface area contributed by atoms with E-state index in [0.29, 0.717) is 6.10 Å². The summed E-state index contributed by atoms with van der Waals surface area (Å²) in [5, 5.41) is 0. The van der Waals surface area contributed by atoms with E-state index >= 15 is 0 Å². The Morgan fingerprint density at radius 2 is 2.29 bits per heavy atom. The van der Waals surface area contributed by atoms with E-state index in [4.69, 9.17) is 10.5 Å². The predicted molar refractivity (Wildman–Crippen MR) is 70.9 cm³/mol. The molecular weight excluding hydrogens is 212 g/mol. The molecule has 3 nitrogen and oxygen atoms in total. The zero-order valence-electron chi connectivity index (χ0n) is 10.8. The van der Waals surface area contributed by atoms with Gasteiger partial charge in [-0.15, -0.1) is 0 Å². The van der Waals surface area contributed by atoms with Crippen molar-refractivity contribution in [3.63, 3.8) is 0 Å². The zero-order chi connectivity index (χ0) is 12.3. The topological polar surface area (TPSA) is 38.5 Å². The Morgan fingerprint density at radius 3 is 3.00 bits per heavy atom. The van der Waals surface area contributed by atoms with Gasteiger partial charge >= 0.3 is 0 Å². The molecule has 1 heterocycles. The summed E-state index contributed by atoms with van der Waals surface area (Å²) in [7, 11) is 0. The van der Waals surface area contributed by atoms with E-state index in [9.17, 15) is 0 Å². The highest BCUT2D eigenvalue weighted by Crippen LogP contribution is 2.16. The smallest absolute Gasteiger partial charge is 0.0700 e. The van der Waals surface area contributed by atoms with E-state index in [-0.39, 0.29) is 0 Å². The third-order valence-electron chi connectivity index (χ3n) is 3.42. The molecule has 1 aliphatic heterocycles. The van der Waals surface area contributed by atoms with Crippen molar-refractivity contribution in [1.82, 2.24) is 4.90 Å². The molecule has 0 saturated carbocycles. The van der Waals surface area contributed by atoms with Crippen molar-refractivity contribution in [2.24, 2.45) is 0 Å². The highest BCUT2D eigenvalue weighted by atomic mass is 16.5. The molecule has 1 unspecified atom stereocenters. The van der Waals surface area contributed by atoms with Crippen LogP contribution in [0.5, 0.6) is 0 Å².